The summed E-state index contributed by atoms with van der Waals surface area (Å²) in [6.07, 6.45) is -0.407. The van der Waals surface area contributed by atoms with Crippen LogP contribution in [0.1, 0.15) is 6.42 Å². The van der Waals surface area contributed by atoms with Crippen molar-refractivity contribution in [2.24, 2.45) is 0 Å². The molecule has 0 atom stereocenters. The molecule has 5 nitrogen and oxygen atoms in total. The predicted molar refractivity (Wildman–Crippen MR) is 29.5 cm³/mol. The van der Waals surface area contributed by atoms with E-state index in [1.165, 1.54) is 0 Å². The standard InChI is InChI=1S/C3H8O5Si.Co/c4-3(5)1-2-9(6,7)8;/h6-8H,1-2H2,(H,4,5);. The molecule has 0 aromatic heterocycles. The van der Waals surface area contributed by atoms with Crippen LogP contribution in [-0.2, 0) is 21.6 Å². The summed E-state index contributed by atoms with van der Waals surface area (Å²) in [7, 11) is -4.10. The second kappa shape index (κ2) is 4.82. The molecule has 0 unspecified atom stereocenters. The van der Waals surface area contributed by atoms with Gasteiger partial charge in [0, 0.05) is 29.2 Å². The number of carboxylic acids is 1. The van der Waals surface area contributed by atoms with Crippen molar-refractivity contribution in [3.63, 3.8) is 0 Å². The molecule has 0 fully saturated rings. The van der Waals surface area contributed by atoms with E-state index in [2.05, 4.69) is 0 Å². The maximum Gasteiger partial charge on any atom is 0.493 e. The minimum atomic E-state index is -4.10. The molecule has 0 rings (SSSR count). The van der Waals surface area contributed by atoms with Crippen molar-refractivity contribution in [2.75, 3.05) is 0 Å². The minimum Gasteiger partial charge on any atom is -0.481 e. The van der Waals surface area contributed by atoms with E-state index in [0.717, 1.165) is 0 Å². The molecule has 0 saturated carbocycles. The van der Waals surface area contributed by atoms with Crippen LogP contribution in [0.2, 0.25) is 6.04 Å². The van der Waals surface area contributed by atoms with Gasteiger partial charge in [-0.2, -0.15) is 0 Å². The van der Waals surface area contributed by atoms with Crippen LogP contribution in [0.15, 0.2) is 0 Å². The van der Waals surface area contributed by atoms with E-state index in [9.17, 15) is 4.79 Å². The summed E-state index contributed by atoms with van der Waals surface area (Å²) in [4.78, 5) is 34.5. The van der Waals surface area contributed by atoms with Crippen LogP contribution in [0.3, 0.4) is 0 Å². The largest absolute Gasteiger partial charge is 0.493 e. The van der Waals surface area contributed by atoms with Crippen molar-refractivity contribution in [2.45, 2.75) is 12.5 Å². The van der Waals surface area contributed by atoms with Crippen molar-refractivity contribution in [3.8, 4) is 0 Å². The first-order valence-corrected chi connectivity index (χ1v) is 4.35. The zero-order valence-corrected chi connectivity index (χ0v) is 6.99. The van der Waals surface area contributed by atoms with Crippen molar-refractivity contribution < 1.29 is 41.1 Å². The average molecular weight is 211 g/mol. The average Bonchev–Trinajstić information content (AvgIpc) is 1.59. The Morgan fingerprint density at radius 3 is 1.80 bits per heavy atom. The Balaban J connectivity index is 0. The van der Waals surface area contributed by atoms with E-state index >= 15 is 0 Å². The molecular weight excluding hydrogens is 203 g/mol. The molecule has 0 bridgehead atoms. The molecule has 4 N–H and O–H groups in total. The van der Waals surface area contributed by atoms with Gasteiger partial charge in [0.05, 0.1) is 0 Å². The Bertz CT molecular complexity index is 110. The van der Waals surface area contributed by atoms with Crippen LogP contribution < -0.4 is 0 Å². The monoisotopic (exact) mass is 211 g/mol. The van der Waals surface area contributed by atoms with E-state index in [4.69, 9.17) is 19.5 Å². The Hall–Kier alpha value is 0.0734. The van der Waals surface area contributed by atoms with Crippen molar-refractivity contribution in [3.05, 3.63) is 0 Å². The SMILES string of the molecule is O=C(O)CC[Si](O)(O)O.[Co]. The van der Waals surface area contributed by atoms with Gasteiger partial charge in [0.15, 0.2) is 0 Å². The van der Waals surface area contributed by atoms with E-state index in [1.54, 1.807) is 0 Å². The smallest absolute Gasteiger partial charge is 0.481 e. The molecule has 0 aromatic carbocycles. The third-order valence-corrected chi connectivity index (χ3v) is 1.60. The fourth-order valence-electron chi connectivity index (χ4n) is 0.275. The quantitative estimate of drug-likeness (QED) is 0.420. The van der Waals surface area contributed by atoms with Crippen LogP contribution >= 0.6 is 0 Å². The third kappa shape index (κ3) is 11.0. The summed E-state index contributed by atoms with van der Waals surface area (Å²) in [5.41, 5.74) is 0. The molecule has 0 heterocycles. The first-order valence-electron chi connectivity index (χ1n) is 2.31. The van der Waals surface area contributed by atoms with Crippen LogP contribution in [0, 0.1) is 0 Å². The van der Waals surface area contributed by atoms with Gasteiger partial charge in [-0.1, -0.05) is 0 Å². The van der Waals surface area contributed by atoms with Crippen molar-refractivity contribution in [1.82, 2.24) is 0 Å². The maximum atomic E-state index is 9.73. The fraction of sp³-hybridized carbons (Fsp3) is 0.667. The number of carbonyl (C=O) groups is 1. The number of aliphatic carboxylic acids is 1. The molecule has 0 aromatic rings. The van der Waals surface area contributed by atoms with Crippen molar-refractivity contribution in [1.29, 1.82) is 0 Å². The van der Waals surface area contributed by atoms with Gasteiger partial charge in [-0.15, -0.1) is 0 Å². The molecule has 1 radical (unpaired) electrons. The predicted octanol–water partition coefficient (Wildman–Crippen LogP) is -1.63. The number of hydrogen-bond acceptors (Lipinski definition) is 4. The van der Waals surface area contributed by atoms with Gasteiger partial charge in [0.1, 0.15) is 0 Å². The first kappa shape index (κ1) is 12.7. The molecule has 7 heteroatoms. The van der Waals surface area contributed by atoms with Gasteiger partial charge in [-0.3, -0.25) is 4.79 Å². The number of hydrogen-bond donors (Lipinski definition) is 4. The van der Waals surface area contributed by atoms with Gasteiger partial charge in [0.2, 0.25) is 0 Å². The topological polar surface area (TPSA) is 98.0 Å². The van der Waals surface area contributed by atoms with Gasteiger partial charge in [-0.25, -0.2) is 0 Å². The Kier molecular flexibility index (Phi) is 6.14. The molecular formula is C3H8CoO5Si. The minimum absolute atomic E-state index is 0. The Morgan fingerprint density at radius 1 is 1.30 bits per heavy atom. The molecule has 0 amide bonds. The number of carboxylic acid groups (broad SMARTS) is 1. The molecule has 0 saturated heterocycles. The Morgan fingerprint density at radius 2 is 1.70 bits per heavy atom. The van der Waals surface area contributed by atoms with Crippen LogP contribution in [0.25, 0.3) is 0 Å². The van der Waals surface area contributed by atoms with Crippen LogP contribution in [-0.4, -0.2) is 34.3 Å². The number of rotatable bonds is 3. The fourth-order valence-corrected chi connectivity index (χ4v) is 0.824. The second-order valence-electron chi connectivity index (χ2n) is 1.67. The first-order chi connectivity index (χ1) is 3.92. The zero-order chi connectivity index (χ0) is 7.49. The summed E-state index contributed by atoms with van der Waals surface area (Å²) in [5, 5.41) is 7.97. The van der Waals surface area contributed by atoms with E-state index in [0.29, 0.717) is 0 Å². The van der Waals surface area contributed by atoms with E-state index in [-0.39, 0.29) is 16.8 Å². The molecule has 10 heavy (non-hydrogen) atoms. The summed E-state index contributed by atoms with van der Waals surface area (Å²) in [6.45, 7) is 0. The van der Waals surface area contributed by atoms with Gasteiger partial charge < -0.3 is 19.5 Å². The summed E-state index contributed by atoms with van der Waals surface area (Å²) in [5.74, 6) is -1.15. The van der Waals surface area contributed by atoms with E-state index < -0.39 is 27.2 Å². The zero-order valence-electron chi connectivity index (χ0n) is 4.94. The molecule has 0 aliphatic carbocycles. The molecule has 0 spiro atoms. The summed E-state index contributed by atoms with van der Waals surface area (Å²) >= 11 is 0. The summed E-state index contributed by atoms with van der Waals surface area (Å²) in [6, 6.07) is -0.442. The Labute approximate surface area is 68.9 Å². The van der Waals surface area contributed by atoms with Crippen molar-refractivity contribution >= 4 is 14.8 Å². The third-order valence-electron chi connectivity index (χ3n) is 0.674. The van der Waals surface area contributed by atoms with Gasteiger partial charge >= 0.3 is 14.8 Å². The van der Waals surface area contributed by atoms with Crippen LogP contribution in [0.4, 0.5) is 0 Å². The van der Waals surface area contributed by atoms with Gasteiger partial charge in [0.25, 0.3) is 0 Å². The maximum absolute atomic E-state index is 9.73. The molecule has 0 aliphatic rings. The normalized spacial score (nSPS) is 10.3. The second-order valence-corrected chi connectivity index (χ2v) is 3.72. The van der Waals surface area contributed by atoms with Gasteiger partial charge in [-0.05, 0) is 0 Å². The molecule has 63 valence electrons. The molecule has 0 aliphatic heterocycles. The summed E-state index contributed by atoms with van der Waals surface area (Å²) < 4.78 is 0. The van der Waals surface area contributed by atoms with E-state index in [1.807, 2.05) is 0 Å². The van der Waals surface area contributed by atoms with Crippen LogP contribution in [0.5, 0.6) is 0 Å².